The normalized spacial score (nSPS) is 10.4. The highest BCUT2D eigenvalue weighted by Crippen LogP contribution is 2.22. The molecule has 0 aliphatic carbocycles. The van der Waals surface area contributed by atoms with Crippen molar-refractivity contribution in [3.63, 3.8) is 0 Å². The van der Waals surface area contributed by atoms with Gasteiger partial charge in [0.25, 0.3) is 0 Å². The Bertz CT molecular complexity index is 770. The number of aromatic nitrogens is 3. The second kappa shape index (κ2) is 6.09. The van der Waals surface area contributed by atoms with Crippen molar-refractivity contribution in [2.24, 2.45) is 0 Å². The third-order valence-electron chi connectivity index (χ3n) is 3.08. The quantitative estimate of drug-likeness (QED) is 0.782. The Morgan fingerprint density at radius 1 is 1.14 bits per heavy atom. The molecule has 6 nitrogen and oxygen atoms in total. The molecule has 0 spiro atoms. The molecule has 0 saturated carbocycles. The first-order chi connectivity index (χ1) is 10.8. The van der Waals surface area contributed by atoms with Gasteiger partial charge in [-0.2, -0.15) is 5.10 Å². The lowest BCUT2D eigenvalue weighted by Gasteiger charge is -2.07. The van der Waals surface area contributed by atoms with Crippen molar-refractivity contribution >= 4 is 5.97 Å². The van der Waals surface area contributed by atoms with Gasteiger partial charge in [0.2, 0.25) is 0 Å². The number of carboxylic acids is 1. The van der Waals surface area contributed by atoms with Crippen LogP contribution in [0.25, 0.3) is 5.69 Å². The summed E-state index contributed by atoms with van der Waals surface area (Å²) in [5.74, 6) is -0.870. The maximum Gasteiger partial charge on any atom is 0.358 e. The van der Waals surface area contributed by atoms with Crippen LogP contribution in [-0.4, -0.2) is 25.8 Å². The molecule has 0 aliphatic rings. The predicted octanol–water partition coefficient (Wildman–Crippen LogP) is 2.54. The maximum atomic E-state index is 11.5. The van der Waals surface area contributed by atoms with Gasteiger partial charge in [-0.1, -0.05) is 30.3 Å². The van der Waals surface area contributed by atoms with E-state index in [1.807, 2.05) is 30.3 Å². The molecule has 2 heterocycles. The molecule has 6 heteroatoms. The molecule has 0 atom stereocenters. The van der Waals surface area contributed by atoms with Gasteiger partial charge in [0, 0.05) is 12.4 Å². The summed E-state index contributed by atoms with van der Waals surface area (Å²) in [6.07, 6.45) is 4.56. The van der Waals surface area contributed by atoms with Crippen LogP contribution in [0.2, 0.25) is 0 Å². The topological polar surface area (TPSA) is 77.2 Å². The van der Waals surface area contributed by atoms with E-state index in [-0.39, 0.29) is 18.1 Å². The van der Waals surface area contributed by atoms with Gasteiger partial charge >= 0.3 is 5.97 Å². The molecule has 0 fully saturated rings. The van der Waals surface area contributed by atoms with Gasteiger partial charge in [-0.15, -0.1) is 0 Å². The minimum absolute atomic E-state index is 0.0119. The van der Waals surface area contributed by atoms with E-state index >= 15 is 0 Å². The number of benzene rings is 1. The lowest BCUT2D eigenvalue weighted by atomic mass is 10.2. The fraction of sp³-hybridized carbons (Fsp3) is 0.0625. The number of rotatable bonds is 5. The molecule has 0 unspecified atom stereocenters. The Hall–Kier alpha value is -3.15. The van der Waals surface area contributed by atoms with Crippen LogP contribution in [0, 0.1) is 0 Å². The molecule has 1 aromatic carbocycles. The smallest absolute Gasteiger partial charge is 0.358 e. The first kappa shape index (κ1) is 13.8. The van der Waals surface area contributed by atoms with E-state index in [2.05, 4.69) is 10.1 Å². The summed E-state index contributed by atoms with van der Waals surface area (Å²) in [6, 6.07) is 12.9. The van der Waals surface area contributed by atoms with Gasteiger partial charge in [0.1, 0.15) is 6.61 Å². The van der Waals surface area contributed by atoms with Crippen LogP contribution < -0.4 is 4.74 Å². The summed E-state index contributed by atoms with van der Waals surface area (Å²) in [5.41, 5.74) is 1.56. The molecule has 3 aromatic rings. The lowest BCUT2D eigenvalue weighted by Crippen LogP contribution is -2.10. The van der Waals surface area contributed by atoms with E-state index < -0.39 is 5.97 Å². The minimum atomic E-state index is -1.10. The third-order valence-corrected chi connectivity index (χ3v) is 3.08. The number of carbonyl (C=O) groups is 1. The Morgan fingerprint density at radius 3 is 2.55 bits per heavy atom. The average Bonchev–Trinajstić information content (AvgIpc) is 2.99. The Balaban J connectivity index is 1.89. The van der Waals surface area contributed by atoms with E-state index in [0.717, 1.165) is 5.56 Å². The molecule has 1 N–H and O–H groups in total. The lowest BCUT2D eigenvalue weighted by molar-refractivity contribution is 0.0681. The third kappa shape index (κ3) is 2.80. The number of hydrogen-bond acceptors (Lipinski definition) is 4. The predicted molar refractivity (Wildman–Crippen MR) is 79.1 cm³/mol. The van der Waals surface area contributed by atoms with Crippen LogP contribution in [0.4, 0.5) is 0 Å². The minimum Gasteiger partial charge on any atom is -0.485 e. The number of nitrogens with zero attached hydrogens (tertiary/aromatic N) is 3. The first-order valence-electron chi connectivity index (χ1n) is 6.64. The Morgan fingerprint density at radius 2 is 1.86 bits per heavy atom. The number of aromatic carboxylic acids is 1. The SMILES string of the molecule is O=C(O)c1c(OCc2ccccc2)cnn1-c1ccncc1. The van der Waals surface area contributed by atoms with Gasteiger partial charge < -0.3 is 9.84 Å². The highest BCUT2D eigenvalue weighted by molar-refractivity contribution is 5.89. The molecule has 0 aliphatic heterocycles. The van der Waals surface area contributed by atoms with Gasteiger partial charge in [-0.3, -0.25) is 4.98 Å². The molecule has 0 bridgehead atoms. The second-order valence-corrected chi connectivity index (χ2v) is 4.55. The van der Waals surface area contributed by atoms with Gasteiger partial charge in [-0.25, -0.2) is 9.48 Å². The molecule has 0 radical (unpaired) electrons. The molecule has 0 amide bonds. The fourth-order valence-electron chi connectivity index (χ4n) is 2.05. The fourth-order valence-corrected chi connectivity index (χ4v) is 2.05. The van der Waals surface area contributed by atoms with Gasteiger partial charge in [0.05, 0.1) is 11.9 Å². The highest BCUT2D eigenvalue weighted by atomic mass is 16.5. The Labute approximate surface area is 126 Å². The maximum absolute atomic E-state index is 11.5. The molecular formula is C16H13N3O3. The zero-order valence-corrected chi connectivity index (χ0v) is 11.6. The second-order valence-electron chi connectivity index (χ2n) is 4.55. The monoisotopic (exact) mass is 295 g/mol. The first-order valence-corrected chi connectivity index (χ1v) is 6.64. The molecule has 2 aromatic heterocycles. The van der Waals surface area contributed by atoms with Crippen molar-refractivity contribution < 1.29 is 14.6 Å². The number of pyridine rings is 1. The average molecular weight is 295 g/mol. The van der Waals surface area contributed by atoms with Crippen molar-refractivity contribution in [1.82, 2.24) is 14.8 Å². The largest absolute Gasteiger partial charge is 0.485 e. The van der Waals surface area contributed by atoms with Crippen LogP contribution in [0.3, 0.4) is 0 Å². The highest BCUT2D eigenvalue weighted by Gasteiger charge is 2.20. The molecular weight excluding hydrogens is 282 g/mol. The summed E-state index contributed by atoms with van der Waals surface area (Å²) < 4.78 is 6.93. The summed E-state index contributed by atoms with van der Waals surface area (Å²) in [5, 5.41) is 13.5. The van der Waals surface area contributed by atoms with E-state index in [9.17, 15) is 9.90 Å². The van der Waals surface area contributed by atoms with Crippen LogP contribution in [-0.2, 0) is 6.61 Å². The van der Waals surface area contributed by atoms with Crippen LogP contribution in [0.15, 0.2) is 61.1 Å². The molecule has 0 saturated heterocycles. The van der Waals surface area contributed by atoms with Crippen molar-refractivity contribution in [1.29, 1.82) is 0 Å². The van der Waals surface area contributed by atoms with Crippen molar-refractivity contribution in [2.45, 2.75) is 6.61 Å². The molecule has 3 rings (SSSR count). The van der Waals surface area contributed by atoms with Crippen molar-refractivity contribution in [3.05, 3.63) is 72.3 Å². The Kier molecular flexibility index (Phi) is 3.82. The summed E-state index contributed by atoms with van der Waals surface area (Å²) in [6.45, 7) is 0.281. The standard InChI is InChI=1S/C16H13N3O3/c20-16(21)15-14(22-11-12-4-2-1-3-5-12)10-18-19(15)13-6-8-17-9-7-13/h1-10H,11H2,(H,20,21). The summed E-state index contributed by atoms with van der Waals surface area (Å²) in [4.78, 5) is 15.4. The van der Waals surface area contributed by atoms with Crippen LogP contribution >= 0.6 is 0 Å². The van der Waals surface area contributed by atoms with E-state index in [0.29, 0.717) is 5.69 Å². The van der Waals surface area contributed by atoms with E-state index in [4.69, 9.17) is 4.74 Å². The van der Waals surface area contributed by atoms with Crippen molar-refractivity contribution in [3.8, 4) is 11.4 Å². The van der Waals surface area contributed by atoms with Crippen molar-refractivity contribution in [2.75, 3.05) is 0 Å². The summed E-state index contributed by atoms with van der Waals surface area (Å²) in [7, 11) is 0. The number of carboxylic acid groups (broad SMARTS) is 1. The summed E-state index contributed by atoms with van der Waals surface area (Å²) >= 11 is 0. The van der Waals surface area contributed by atoms with E-state index in [1.54, 1.807) is 24.5 Å². The van der Waals surface area contributed by atoms with Crippen LogP contribution in [0.5, 0.6) is 5.75 Å². The van der Waals surface area contributed by atoms with Gasteiger partial charge in [0.15, 0.2) is 11.4 Å². The zero-order valence-electron chi connectivity index (χ0n) is 11.6. The molecule has 110 valence electrons. The number of hydrogen-bond donors (Lipinski definition) is 1. The van der Waals surface area contributed by atoms with E-state index in [1.165, 1.54) is 10.9 Å². The van der Waals surface area contributed by atoms with Crippen LogP contribution in [0.1, 0.15) is 16.1 Å². The van der Waals surface area contributed by atoms with Gasteiger partial charge in [-0.05, 0) is 17.7 Å². The number of ether oxygens (including phenoxy) is 1. The zero-order chi connectivity index (χ0) is 15.4. The molecule has 22 heavy (non-hydrogen) atoms.